The van der Waals surface area contributed by atoms with Crippen LogP contribution in [0.15, 0.2) is 35.7 Å². The zero-order chi connectivity index (χ0) is 16.5. The minimum Gasteiger partial charge on any atom is -0.327 e. The average Bonchev–Trinajstić information content (AvgIpc) is 3.20. The van der Waals surface area contributed by atoms with Crippen LogP contribution in [0.4, 0.5) is 0 Å². The highest BCUT2D eigenvalue weighted by molar-refractivity contribution is 7.18. The fourth-order valence-corrected chi connectivity index (χ4v) is 5.08. The standard InChI is InChI=1S/C18H19N3OS2/c1-13-6-11-23-17(13)18(22)21-9-7-20(8-10-21)12-16-19-14-4-2-3-5-15(14)24-16/h2-6,11H,7-10,12H2,1H3/p+1. The Labute approximate surface area is 149 Å². The van der Waals surface area contributed by atoms with Crippen molar-refractivity contribution in [1.82, 2.24) is 9.88 Å². The predicted molar refractivity (Wildman–Crippen MR) is 99.0 cm³/mol. The number of para-hydroxylation sites is 1. The molecule has 2 aromatic heterocycles. The number of aromatic nitrogens is 1. The fraction of sp³-hybridized carbons (Fsp3) is 0.333. The largest absolute Gasteiger partial charge is 0.327 e. The summed E-state index contributed by atoms with van der Waals surface area (Å²) < 4.78 is 1.26. The molecule has 6 heteroatoms. The number of carbonyl (C=O) groups is 1. The summed E-state index contributed by atoms with van der Waals surface area (Å²) in [6, 6.07) is 10.3. The van der Waals surface area contributed by atoms with Gasteiger partial charge in [-0.15, -0.1) is 22.7 Å². The van der Waals surface area contributed by atoms with Crippen LogP contribution in [0, 0.1) is 6.92 Å². The van der Waals surface area contributed by atoms with Crippen LogP contribution in [-0.2, 0) is 6.54 Å². The van der Waals surface area contributed by atoms with Crippen molar-refractivity contribution in [2.24, 2.45) is 0 Å². The van der Waals surface area contributed by atoms with Crippen LogP contribution in [0.5, 0.6) is 0 Å². The number of aryl methyl sites for hydroxylation is 1. The summed E-state index contributed by atoms with van der Waals surface area (Å²) in [4.78, 5) is 21.7. The molecule has 0 bridgehead atoms. The van der Waals surface area contributed by atoms with Gasteiger partial charge in [-0.05, 0) is 36.1 Å². The van der Waals surface area contributed by atoms with E-state index in [1.807, 2.05) is 29.3 Å². The third-order valence-electron chi connectivity index (χ3n) is 4.55. The highest BCUT2D eigenvalue weighted by atomic mass is 32.1. The van der Waals surface area contributed by atoms with Gasteiger partial charge in [0.1, 0.15) is 11.6 Å². The zero-order valence-electron chi connectivity index (χ0n) is 13.6. The van der Waals surface area contributed by atoms with Crippen LogP contribution < -0.4 is 4.90 Å². The number of piperazine rings is 1. The summed E-state index contributed by atoms with van der Waals surface area (Å²) in [5, 5.41) is 3.19. The van der Waals surface area contributed by atoms with Gasteiger partial charge in [0.15, 0.2) is 0 Å². The number of rotatable bonds is 3. The highest BCUT2D eigenvalue weighted by Gasteiger charge is 2.26. The van der Waals surface area contributed by atoms with Crippen LogP contribution in [0.3, 0.4) is 0 Å². The van der Waals surface area contributed by atoms with E-state index in [-0.39, 0.29) is 5.91 Å². The molecule has 1 amide bonds. The lowest BCUT2D eigenvalue weighted by molar-refractivity contribution is -0.917. The van der Waals surface area contributed by atoms with Crippen LogP contribution in [0.2, 0.25) is 0 Å². The molecule has 1 saturated heterocycles. The number of hydrogen-bond donors (Lipinski definition) is 1. The monoisotopic (exact) mass is 358 g/mol. The Kier molecular flexibility index (Phi) is 4.35. The molecule has 0 aliphatic carbocycles. The summed E-state index contributed by atoms with van der Waals surface area (Å²) in [5.74, 6) is 0.196. The van der Waals surface area contributed by atoms with E-state index in [9.17, 15) is 4.79 Å². The van der Waals surface area contributed by atoms with Crippen molar-refractivity contribution in [2.75, 3.05) is 26.2 Å². The quantitative estimate of drug-likeness (QED) is 0.779. The Morgan fingerprint density at radius 1 is 1.25 bits per heavy atom. The number of quaternary nitrogens is 1. The van der Waals surface area contributed by atoms with E-state index in [4.69, 9.17) is 4.98 Å². The Morgan fingerprint density at radius 2 is 2.04 bits per heavy atom. The van der Waals surface area contributed by atoms with Crippen LogP contribution in [-0.4, -0.2) is 42.0 Å². The molecule has 124 valence electrons. The SMILES string of the molecule is Cc1ccsc1C(=O)N1CC[NH+](Cc2nc3ccccc3s2)CC1. The Morgan fingerprint density at radius 3 is 2.75 bits per heavy atom. The molecule has 4 nitrogen and oxygen atoms in total. The first-order valence-electron chi connectivity index (χ1n) is 8.22. The van der Waals surface area contributed by atoms with E-state index in [2.05, 4.69) is 18.2 Å². The lowest BCUT2D eigenvalue weighted by atomic mass is 10.2. The van der Waals surface area contributed by atoms with Crippen molar-refractivity contribution in [1.29, 1.82) is 0 Å². The lowest BCUT2D eigenvalue weighted by Crippen LogP contribution is -3.13. The van der Waals surface area contributed by atoms with Crippen LogP contribution in [0.1, 0.15) is 20.2 Å². The zero-order valence-corrected chi connectivity index (χ0v) is 15.3. The van der Waals surface area contributed by atoms with E-state index >= 15 is 0 Å². The number of hydrogen-bond acceptors (Lipinski definition) is 4. The third-order valence-corrected chi connectivity index (χ3v) is 6.59. The van der Waals surface area contributed by atoms with E-state index < -0.39 is 0 Å². The minimum atomic E-state index is 0.196. The maximum Gasteiger partial charge on any atom is 0.264 e. The molecule has 3 heterocycles. The van der Waals surface area contributed by atoms with Crippen molar-refractivity contribution in [3.8, 4) is 0 Å². The number of carbonyl (C=O) groups excluding carboxylic acids is 1. The van der Waals surface area contributed by atoms with Crippen LogP contribution in [0.25, 0.3) is 10.2 Å². The second kappa shape index (κ2) is 6.63. The predicted octanol–water partition coefficient (Wildman–Crippen LogP) is 2.21. The van der Waals surface area contributed by atoms with Gasteiger partial charge in [0, 0.05) is 0 Å². The number of amides is 1. The molecular formula is C18H20N3OS2+. The first-order chi connectivity index (χ1) is 11.7. The number of nitrogens with zero attached hydrogens (tertiary/aromatic N) is 2. The van der Waals surface area contributed by atoms with Gasteiger partial charge in [-0.2, -0.15) is 0 Å². The van der Waals surface area contributed by atoms with Crippen molar-refractivity contribution in [3.63, 3.8) is 0 Å². The first kappa shape index (κ1) is 15.7. The molecule has 0 unspecified atom stereocenters. The number of benzene rings is 1. The lowest BCUT2D eigenvalue weighted by Gasteiger charge is -2.31. The Balaban J connectivity index is 1.37. The molecule has 1 N–H and O–H groups in total. The summed E-state index contributed by atoms with van der Waals surface area (Å²) in [6.07, 6.45) is 0. The number of thiophene rings is 1. The van der Waals surface area contributed by atoms with Gasteiger partial charge in [0.05, 0.1) is 41.3 Å². The molecule has 0 spiro atoms. The topological polar surface area (TPSA) is 37.6 Å². The number of thiazole rings is 1. The summed E-state index contributed by atoms with van der Waals surface area (Å²) >= 11 is 3.34. The first-order valence-corrected chi connectivity index (χ1v) is 9.92. The normalized spacial score (nSPS) is 16.0. The molecular weight excluding hydrogens is 338 g/mol. The maximum atomic E-state index is 12.6. The molecule has 1 aromatic carbocycles. The van der Waals surface area contributed by atoms with Crippen LogP contribution >= 0.6 is 22.7 Å². The molecule has 0 saturated carbocycles. The Hall–Kier alpha value is -1.76. The van der Waals surface area contributed by atoms with Gasteiger partial charge in [0.2, 0.25) is 0 Å². The van der Waals surface area contributed by atoms with Crippen molar-refractivity contribution in [3.05, 3.63) is 51.2 Å². The fourth-order valence-electron chi connectivity index (χ4n) is 3.15. The average molecular weight is 359 g/mol. The van der Waals surface area contributed by atoms with Crippen molar-refractivity contribution >= 4 is 38.8 Å². The molecule has 24 heavy (non-hydrogen) atoms. The van der Waals surface area contributed by atoms with Gasteiger partial charge < -0.3 is 9.80 Å². The highest BCUT2D eigenvalue weighted by Crippen LogP contribution is 2.21. The molecule has 4 rings (SSSR count). The van der Waals surface area contributed by atoms with Gasteiger partial charge >= 0.3 is 0 Å². The van der Waals surface area contributed by atoms with E-state index in [0.29, 0.717) is 0 Å². The number of fused-ring (bicyclic) bond motifs is 1. The Bertz CT molecular complexity index is 829. The molecule has 3 aromatic rings. The van der Waals surface area contributed by atoms with E-state index in [1.165, 1.54) is 14.6 Å². The molecule has 1 aliphatic rings. The van der Waals surface area contributed by atoms with Gasteiger partial charge in [-0.3, -0.25) is 4.79 Å². The third kappa shape index (κ3) is 3.09. The van der Waals surface area contributed by atoms with Crippen molar-refractivity contribution < 1.29 is 9.69 Å². The second-order valence-corrected chi connectivity index (χ2v) is 8.26. The smallest absolute Gasteiger partial charge is 0.264 e. The summed E-state index contributed by atoms with van der Waals surface area (Å²) in [7, 11) is 0. The van der Waals surface area contributed by atoms with Crippen molar-refractivity contribution in [2.45, 2.75) is 13.5 Å². The molecule has 0 radical (unpaired) electrons. The van der Waals surface area contributed by atoms with E-state index in [0.717, 1.165) is 48.7 Å². The molecule has 0 atom stereocenters. The number of nitrogens with one attached hydrogen (secondary N) is 1. The summed E-state index contributed by atoms with van der Waals surface area (Å²) in [6.45, 7) is 6.61. The summed E-state index contributed by atoms with van der Waals surface area (Å²) in [5.41, 5.74) is 2.19. The second-order valence-electron chi connectivity index (χ2n) is 6.23. The van der Waals surface area contributed by atoms with E-state index in [1.54, 1.807) is 22.7 Å². The van der Waals surface area contributed by atoms with Gasteiger partial charge in [0.25, 0.3) is 5.91 Å². The maximum absolute atomic E-state index is 12.6. The minimum absolute atomic E-state index is 0.196. The van der Waals surface area contributed by atoms with Gasteiger partial charge in [-0.25, -0.2) is 4.98 Å². The van der Waals surface area contributed by atoms with Gasteiger partial charge in [-0.1, -0.05) is 12.1 Å². The molecule has 1 aliphatic heterocycles. The molecule has 1 fully saturated rings.